The summed E-state index contributed by atoms with van der Waals surface area (Å²) >= 11 is 2.36. The molecule has 0 saturated carbocycles. The second-order valence-electron chi connectivity index (χ2n) is 5.08. The van der Waals surface area contributed by atoms with Crippen molar-refractivity contribution in [3.05, 3.63) is 40.2 Å². The standard InChI is InChI=1S/C15H17IN2O/c1-11-6-7-13(19-11)10-18-9-12(8-17-18)14-4-2-3-5-15(14)16/h2-5,8-9,11,13H,6-7,10H2,1H3. The first-order chi connectivity index (χ1) is 9.22. The zero-order valence-corrected chi connectivity index (χ0v) is 13.1. The highest BCUT2D eigenvalue weighted by molar-refractivity contribution is 14.1. The molecule has 1 aromatic carbocycles. The average molecular weight is 368 g/mol. The largest absolute Gasteiger partial charge is 0.373 e. The Balaban J connectivity index is 1.75. The molecule has 0 N–H and O–H groups in total. The molecule has 1 fully saturated rings. The molecular formula is C15H17IN2O. The molecular weight excluding hydrogens is 351 g/mol. The van der Waals surface area contributed by atoms with Crippen LogP contribution in [-0.2, 0) is 11.3 Å². The highest BCUT2D eigenvalue weighted by atomic mass is 127. The highest BCUT2D eigenvalue weighted by Gasteiger charge is 2.22. The van der Waals surface area contributed by atoms with E-state index in [0.29, 0.717) is 12.2 Å². The number of ether oxygens (including phenoxy) is 1. The monoisotopic (exact) mass is 368 g/mol. The fraction of sp³-hybridized carbons (Fsp3) is 0.400. The van der Waals surface area contributed by atoms with Gasteiger partial charge in [0, 0.05) is 15.3 Å². The van der Waals surface area contributed by atoms with E-state index in [1.807, 2.05) is 10.9 Å². The maximum atomic E-state index is 5.84. The first-order valence-corrected chi connectivity index (χ1v) is 7.73. The summed E-state index contributed by atoms with van der Waals surface area (Å²) in [5.41, 5.74) is 2.42. The van der Waals surface area contributed by atoms with E-state index in [1.165, 1.54) is 14.7 Å². The lowest BCUT2D eigenvalue weighted by molar-refractivity contribution is 0.0437. The molecule has 3 rings (SSSR count). The van der Waals surface area contributed by atoms with Crippen molar-refractivity contribution in [2.45, 2.75) is 38.5 Å². The summed E-state index contributed by atoms with van der Waals surface area (Å²) in [4.78, 5) is 0. The first kappa shape index (κ1) is 13.1. The minimum absolute atomic E-state index is 0.317. The Labute approximate surface area is 127 Å². The van der Waals surface area contributed by atoms with Gasteiger partial charge in [-0.05, 0) is 54.0 Å². The molecule has 2 atom stereocenters. The van der Waals surface area contributed by atoms with Gasteiger partial charge < -0.3 is 4.74 Å². The van der Waals surface area contributed by atoms with Gasteiger partial charge in [-0.2, -0.15) is 5.10 Å². The van der Waals surface area contributed by atoms with Crippen LogP contribution >= 0.6 is 22.6 Å². The van der Waals surface area contributed by atoms with Gasteiger partial charge >= 0.3 is 0 Å². The topological polar surface area (TPSA) is 27.1 Å². The summed E-state index contributed by atoms with van der Waals surface area (Å²) < 4.78 is 9.10. The number of hydrogen-bond acceptors (Lipinski definition) is 2. The molecule has 1 aliphatic heterocycles. The Bertz CT molecular complexity index is 567. The second-order valence-corrected chi connectivity index (χ2v) is 6.24. The van der Waals surface area contributed by atoms with Crippen molar-refractivity contribution < 1.29 is 4.74 Å². The minimum atomic E-state index is 0.317. The maximum absolute atomic E-state index is 5.84. The van der Waals surface area contributed by atoms with Gasteiger partial charge in [-0.25, -0.2) is 0 Å². The molecule has 100 valence electrons. The van der Waals surface area contributed by atoms with E-state index in [1.54, 1.807) is 0 Å². The summed E-state index contributed by atoms with van der Waals surface area (Å²) in [7, 11) is 0. The first-order valence-electron chi connectivity index (χ1n) is 6.65. The summed E-state index contributed by atoms with van der Waals surface area (Å²) in [6, 6.07) is 8.38. The second kappa shape index (κ2) is 5.63. The van der Waals surface area contributed by atoms with E-state index < -0.39 is 0 Å². The zero-order chi connectivity index (χ0) is 13.2. The Kier molecular flexibility index (Phi) is 3.88. The van der Waals surface area contributed by atoms with E-state index in [-0.39, 0.29) is 0 Å². The lowest BCUT2D eigenvalue weighted by Crippen LogP contribution is -2.16. The van der Waals surface area contributed by atoms with Gasteiger partial charge in [-0.3, -0.25) is 4.68 Å². The number of halogens is 1. The predicted molar refractivity (Wildman–Crippen MR) is 83.9 cm³/mol. The molecule has 0 spiro atoms. The van der Waals surface area contributed by atoms with Crippen molar-refractivity contribution in [3.8, 4) is 11.1 Å². The van der Waals surface area contributed by atoms with Crippen LogP contribution in [0.4, 0.5) is 0 Å². The van der Waals surface area contributed by atoms with Crippen LogP contribution in [0.2, 0.25) is 0 Å². The smallest absolute Gasteiger partial charge is 0.0775 e. The fourth-order valence-corrected chi connectivity index (χ4v) is 3.22. The van der Waals surface area contributed by atoms with Crippen molar-refractivity contribution in [1.82, 2.24) is 9.78 Å². The van der Waals surface area contributed by atoms with Crippen molar-refractivity contribution in [1.29, 1.82) is 0 Å². The molecule has 1 aromatic heterocycles. The summed E-state index contributed by atoms with van der Waals surface area (Å²) in [6.07, 6.45) is 7.07. The molecule has 3 nitrogen and oxygen atoms in total. The van der Waals surface area contributed by atoms with E-state index >= 15 is 0 Å². The quantitative estimate of drug-likeness (QED) is 0.773. The third kappa shape index (κ3) is 3.00. The Hall–Kier alpha value is -0.880. The van der Waals surface area contributed by atoms with Gasteiger partial charge in [-0.1, -0.05) is 18.2 Å². The number of nitrogens with zero attached hydrogens (tertiary/aromatic N) is 2. The molecule has 2 unspecified atom stereocenters. The predicted octanol–water partition coefficient (Wildman–Crippen LogP) is 3.72. The average Bonchev–Trinajstić information content (AvgIpc) is 3.00. The maximum Gasteiger partial charge on any atom is 0.0775 e. The minimum Gasteiger partial charge on any atom is -0.373 e. The van der Waals surface area contributed by atoms with Crippen LogP contribution in [0.5, 0.6) is 0 Å². The molecule has 0 radical (unpaired) electrons. The summed E-state index contributed by atoms with van der Waals surface area (Å²) in [6.45, 7) is 2.99. The van der Waals surface area contributed by atoms with E-state index in [2.05, 4.69) is 65.1 Å². The third-order valence-electron chi connectivity index (χ3n) is 3.53. The van der Waals surface area contributed by atoms with Crippen LogP contribution in [0.25, 0.3) is 11.1 Å². The number of hydrogen-bond donors (Lipinski definition) is 0. The van der Waals surface area contributed by atoms with Crippen molar-refractivity contribution >= 4 is 22.6 Å². The van der Waals surface area contributed by atoms with Gasteiger partial charge in [-0.15, -0.1) is 0 Å². The van der Waals surface area contributed by atoms with Gasteiger partial charge in [0.25, 0.3) is 0 Å². The highest BCUT2D eigenvalue weighted by Crippen LogP contribution is 2.25. The molecule has 19 heavy (non-hydrogen) atoms. The third-order valence-corrected chi connectivity index (χ3v) is 4.47. The Morgan fingerprint density at radius 1 is 1.37 bits per heavy atom. The van der Waals surface area contributed by atoms with Crippen LogP contribution in [0.3, 0.4) is 0 Å². The lowest BCUT2D eigenvalue weighted by Gasteiger charge is -2.10. The number of rotatable bonds is 3. The van der Waals surface area contributed by atoms with Crippen LogP contribution in [0, 0.1) is 3.57 Å². The molecule has 0 amide bonds. The van der Waals surface area contributed by atoms with E-state index in [0.717, 1.165) is 19.4 Å². The van der Waals surface area contributed by atoms with Gasteiger partial charge in [0.2, 0.25) is 0 Å². The number of aromatic nitrogens is 2. The molecule has 0 bridgehead atoms. The van der Waals surface area contributed by atoms with E-state index in [9.17, 15) is 0 Å². The molecule has 0 aliphatic carbocycles. The van der Waals surface area contributed by atoms with E-state index in [4.69, 9.17) is 4.74 Å². The molecule has 2 heterocycles. The van der Waals surface area contributed by atoms with Crippen LogP contribution in [0.1, 0.15) is 19.8 Å². The van der Waals surface area contributed by atoms with Gasteiger partial charge in [0.1, 0.15) is 0 Å². The SMILES string of the molecule is CC1CCC(Cn2cc(-c3ccccc3I)cn2)O1. The normalized spacial score (nSPS) is 22.8. The van der Waals surface area contributed by atoms with Crippen LogP contribution in [-0.4, -0.2) is 22.0 Å². The fourth-order valence-electron chi connectivity index (χ4n) is 2.53. The lowest BCUT2D eigenvalue weighted by atomic mass is 10.1. The van der Waals surface area contributed by atoms with Gasteiger partial charge in [0.05, 0.1) is 24.9 Å². The molecule has 4 heteroatoms. The van der Waals surface area contributed by atoms with Crippen LogP contribution < -0.4 is 0 Å². The van der Waals surface area contributed by atoms with Crippen LogP contribution in [0.15, 0.2) is 36.7 Å². The van der Waals surface area contributed by atoms with Gasteiger partial charge in [0.15, 0.2) is 0 Å². The molecule has 1 saturated heterocycles. The van der Waals surface area contributed by atoms with Crippen molar-refractivity contribution in [2.24, 2.45) is 0 Å². The Morgan fingerprint density at radius 2 is 2.21 bits per heavy atom. The molecule has 1 aliphatic rings. The Morgan fingerprint density at radius 3 is 2.95 bits per heavy atom. The van der Waals surface area contributed by atoms with Crippen molar-refractivity contribution in [3.63, 3.8) is 0 Å². The summed E-state index contributed by atoms with van der Waals surface area (Å²) in [5, 5.41) is 4.46. The zero-order valence-electron chi connectivity index (χ0n) is 10.9. The van der Waals surface area contributed by atoms with Crippen molar-refractivity contribution in [2.75, 3.05) is 0 Å². The molecule has 2 aromatic rings. The number of benzene rings is 1. The summed E-state index contributed by atoms with van der Waals surface area (Å²) in [5.74, 6) is 0.